The van der Waals surface area contributed by atoms with Gasteiger partial charge in [-0.3, -0.25) is 9.82 Å². The second kappa shape index (κ2) is 5.04. The number of sulfonamides is 1. The maximum absolute atomic E-state index is 12.1. The van der Waals surface area contributed by atoms with Crippen molar-refractivity contribution in [3.8, 4) is 0 Å². The Morgan fingerprint density at radius 3 is 2.74 bits per heavy atom. The highest BCUT2D eigenvalue weighted by Crippen LogP contribution is 2.14. The molecule has 0 saturated carbocycles. The number of aryl methyl sites for hydroxylation is 3. The summed E-state index contributed by atoms with van der Waals surface area (Å²) in [6.45, 7) is 6.35. The van der Waals surface area contributed by atoms with Crippen LogP contribution in [0.3, 0.4) is 0 Å². The van der Waals surface area contributed by atoms with Crippen molar-refractivity contribution < 1.29 is 8.42 Å². The van der Waals surface area contributed by atoms with Crippen LogP contribution in [0.1, 0.15) is 24.9 Å². The van der Waals surface area contributed by atoms with Crippen LogP contribution in [0.2, 0.25) is 0 Å². The quantitative estimate of drug-likeness (QED) is 0.868. The number of rotatable bonds is 5. The second-order valence-electron chi connectivity index (χ2n) is 4.36. The van der Waals surface area contributed by atoms with E-state index in [-0.39, 0.29) is 10.8 Å². The fraction of sp³-hybridized carbons (Fsp3) is 0.455. The molecule has 0 atom stereocenters. The first kappa shape index (κ1) is 13.6. The van der Waals surface area contributed by atoms with Crippen molar-refractivity contribution in [1.29, 1.82) is 0 Å². The standard InChI is InChI=1S/C11H17N5O2S/c1-4-5-16-7-11(12-9(16)3)19(17,18)15-10-6-8(2)13-14-10/h6-7H,4-5H2,1-3H3,(H2,13,14,15). The van der Waals surface area contributed by atoms with Gasteiger partial charge in [0.15, 0.2) is 10.8 Å². The van der Waals surface area contributed by atoms with Crippen LogP contribution in [-0.2, 0) is 16.6 Å². The summed E-state index contributed by atoms with van der Waals surface area (Å²) in [5, 5.41) is 6.53. The van der Waals surface area contributed by atoms with Gasteiger partial charge in [0.2, 0.25) is 0 Å². The van der Waals surface area contributed by atoms with E-state index in [2.05, 4.69) is 19.9 Å². The monoisotopic (exact) mass is 283 g/mol. The largest absolute Gasteiger partial charge is 0.334 e. The number of imidazole rings is 1. The summed E-state index contributed by atoms with van der Waals surface area (Å²) >= 11 is 0. The van der Waals surface area contributed by atoms with Crippen molar-refractivity contribution in [2.75, 3.05) is 4.72 Å². The first-order valence-corrected chi connectivity index (χ1v) is 7.49. The fourth-order valence-electron chi connectivity index (χ4n) is 1.74. The van der Waals surface area contributed by atoms with Gasteiger partial charge >= 0.3 is 0 Å². The molecular formula is C11H17N5O2S. The molecule has 2 rings (SSSR count). The number of hydrogen-bond donors (Lipinski definition) is 2. The third-order valence-corrected chi connectivity index (χ3v) is 3.86. The minimum absolute atomic E-state index is 0.0131. The molecule has 0 unspecified atom stereocenters. The Morgan fingerprint density at radius 2 is 2.16 bits per heavy atom. The molecule has 2 heterocycles. The molecule has 0 saturated heterocycles. The number of nitrogens with zero attached hydrogens (tertiary/aromatic N) is 3. The Kier molecular flexibility index (Phi) is 3.61. The Bertz CT molecular complexity index is 671. The topological polar surface area (TPSA) is 92.7 Å². The normalized spacial score (nSPS) is 11.7. The van der Waals surface area contributed by atoms with E-state index in [1.165, 1.54) is 0 Å². The Labute approximate surface area is 112 Å². The van der Waals surface area contributed by atoms with Gasteiger partial charge in [-0.2, -0.15) is 13.5 Å². The minimum atomic E-state index is -3.68. The van der Waals surface area contributed by atoms with Crippen LogP contribution >= 0.6 is 0 Å². The molecule has 104 valence electrons. The number of hydrogen-bond acceptors (Lipinski definition) is 4. The summed E-state index contributed by atoms with van der Waals surface area (Å²) in [5.41, 5.74) is 0.783. The van der Waals surface area contributed by atoms with Crippen molar-refractivity contribution in [2.24, 2.45) is 0 Å². The third-order valence-electron chi connectivity index (χ3n) is 2.64. The van der Waals surface area contributed by atoms with Crippen LogP contribution in [0.4, 0.5) is 5.82 Å². The molecule has 8 heteroatoms. The lowest BCUT2D eigenvalue weighted by molar-refractivity contribution is 0.597. The maximum Gasteiger partial charge on any atom is 0.282 e. The average Bonchev–Trinajstić information content (AvgIpc) is 2.87. The molecule has 2 N–H and O–H groups in total. The fourth-order valence-corrected chi connectivity index (χ4v) is 2.74. The second-order valence-corrected chi connectivity index (χ2v) is 5.99. The van der Waals surface area contributed by atoms with Crippen LogP contribution in [0.15, 0.2) is 17.3 Å². The molecule has 0 spiro atoms. The van der Waals surface area contributed by atoms with Gasteiger partial charge < -0.3 is 4.57 Å². The minimum Gasteiger partial charge on any atom is -0.334 e. The molecule has 0 radical (unpaired) electrons. The van der Waals surface area contributed by atoms with E-state index >= 15 is 0 Å². The van der Waals surface area contributed by atoms with Gasteiger partial charge in [0.05, 0.1) is 0 Å². The highest BCUT2D eigenvalue weighted by molar-refractivity contribution is 7.92. The predicted molar refractivity (Wildman–Crippen MR) is 71.4 cm³/mol. The van der Waals surface area contributed by atoms with Crippen molar-refractivity contribution in [3.63, 3.8) is 0 Å². The van der Waals surface area contributed by atoms with Crippen LogP contribution in [0.5, 0.6) is 0 Å². The average molecular weight is 283 g/mol. The highest BCUT2D eigenvalue weighted by Gasteiger charge is 2.20. The molecule has 7 nitrogen and oxygen atoms in total. The molecule has 0 fully saturated rings. The predicted octanol–water partition coefficient (Wildman–Crippen LogP) is 1.43. The molecule has 0 aliphatic carbocycles. The van der Waals surface area contributed by atoms with Crippen molar-refractivity contribution >= 4 is 15.8 Å². The summed E-state index contributed by atoms with van der Waals surface area (Å²) in [5.74, 6) is 0.945. The molecule has 0 aromatic carbocycles. The maximum atomic E-state index is 12.1. The molecule has 2 aromatic rings. The van der Waals surface area contributed by atoms with E-state index in [9.17, 15) is 8.42 Å². The zero-order valence-corrected chi connectivity index (χ0v) is 12.0. The summed E-state index contributed by atoms with van der Waals surface area (Å²) in [7, 11) is -3.68. The molecular weight excluding hydrogens is 266 g/mol. The summed E-state index contributed by atoms with van der Waals surface area (Å²) in [6, 6.07) is 1.62. The highest BCUT2D eigenvalue weighted by atomic mass is 32.2. The molecule has 0 amide bonds. The van der Waals surface area contributed by atoms with E-state index in [1.807, 2.05) is 11.5 Å². The van der Waals surface area contributed by atoms with Crippen molar-refractivity contribution in [2.45, 2.75) is 38.8 Å². The Hall–Kier alpha value is -1.83. The van der Waals surface area contributed by atoms with Crippen molar-refractivity contribution in [1.82, 2.24) is 19.7 Å². The van der Waals surface area contributed by atoms with E-state index in [4.69, 9.17) is 0 Å². The number of anilines is 1. The van der Waals surface area contributed by atoms with Gasteiger partial charge in [-0.25, -0.2) is 4.98 Å². The first-order valence-electron chi connectivity index (χ1n) is 6.01. The number of H-pyrrole nitrogens is 1. The van der Waals surface area contributed by atoms with E-state index in [0.717, 1.165) is 18.7 Å². The Morgan fingerprint density at radius 1 is 1.42 bits per heavy atom. The number of aromatic nitrogens is 4. The smallest absolute Gasteiger partial charge is 0.282 e. The van der Waals surface area contributed by atoms with Crippen molar-refractivity contribution in [3.05, 3.63) is 23.8 Å². The zero-order chi connectivity index (χ0) is 14.0. The van der Waals surface area contributed by atoms with E-state index in [0.29, 0.717) is 5.82 Å². The number of nitrogens with one attached hydrogen (secondary N) is 2. The van der Waals surface area contributed by atoms with Crippen LogP contribution in [0.25, 0.3) is 0 Å². The summed E-state index contributed by atoms with van der Waals surface area (Å²) < 4.78 is 28.5. The van der Waals surface area contributed by atoms with Gasteiger partial charge in [0.25, 0.3) is 10.0 Å². The molecule has 0 bridgehead atoms. The van der Waals surface area contributed by atoms with E-state index in [1.54, 1.807) is 26.1 Å². The lowest BCUT2D eigenvalue weighted by Crippen LogP contribution is -2.13. The zero-order valence-electron chi connectivity index (χ0n) is 11.1. The SMILES string of the molecule is CCCn1cc(S(=O)(=O)Nc2cc(C)[nH]n2)nc1C. The Balaban J connectivity index is 2.26. The van der Waals surface area contributed by atoms with Gasteiger partial charge in [-0.15, -0.1) is 0 Å². The summed E-state index contributed by atoms with van der Waals surface area (Å²) in [6.07, 6.45) is 2.46. The molecule has 0 aliphatic rings. The van der Waals surface area contributed by atoms with Gasteiger partial charge in [0, 0.05) is 24.5 Å². The van der Waals surface area contributed by atoms with Gasteiger partial charge in [0.1, 0.15) is 5.82 Å². The third kappa shape index (κ3) is 2.95. The summed E-state index contributed by atoms with van der Waals surface area (Å²) in [4.78, 5) is 4.08. The van der Waals surface area contributed by atoms with Gasteiger partial charge in [-0.1, -0.05) is 6.92 Å². The first-order chi connectivity index (χ1) is 8.92. The lowest BCUT2D eigenvalue weighted by Gasteiger charge is -2.01. The van der Waals surface area contributed by atoms with Crippen LogP contribution < -0.4 is 4.72 Å². The molecule has 19 heavy (non-hydrogen) atoms. The van der Waals surface area contributed by atoms with Crippen LogP contribution in [-0.4, -0.2) is 28.2 Å². The van der Waals surface area contributed by atoms with E-state index < -0.39 is 10.0 Å². The molecule has 2 aromatic heterocycles. The molecule has 0 aliphatic heterocycles. The van der Waals surface area contributed by atoms with Crippen LogP contribution in [0, 0.1) is 13.8 Å². The lowest BCUT2D eigenvalue weighted by atomic mass is 10.5. The number of aromatic amines is 1. The van der Waals surface area contributed by atoms with Gasteiger partial charge in [-0.05, 0) is 20.3 Å².